The lowest BCUT2D eigenvalue weighted by atomic mass is 9.95. The number of rotatable bonds is 7. The van der Waals surface area contributed by atoms with E-state index in [9.17, 15) is 13.2 Å². The second-order valence-electron chi connectivity index (χ2n) is 8.53. The van der Waals surface area contributed by atoms with Crippen molar-refractivity contribution in [1.29, 1.82) is 0 Å². The van der Waals surface area contributed by atoms with E-state index in [0.717, 1.165) is 29.3 Å². The molecular weight excluding hydrogens is 410 g/mol. The molecule has 1 heterocycles. The van der Waals surface area contributed by atoms with Crippen molar-refractivity contribution in [3.8, 4) is 0 Å². The average Bonchev–Trinajstić information content (AvgIpc) is 3.09. The molecule has 31 heavy (non-hydrogen) atoms. The predicted molar refractivity (Wildman–Crippen MR) is 123 cm³/mol. The highest BCUT2D eigenvalue weighted by atomic mass is 32.2. The summed E-state index contributed by atoms with van der Waals surface area (Å²) in [4.78, 5) is 16.3. The van der Waals surface area contributed by atoms with Crippen molar-refractivity contribution in [2.45, 2.75) is 57.9 Å². The zero-order chi connectivity index (χ0) is 22.0. The van der Waals surface area contributed by atoms with Gasteiger partial charge in [0, 0.05) is 34.7 Å². The van der Waals surface area contributed by atoms with E-state index in [-0.39, 0.29) is 24.2 Å². The minimum atomic E-state index is -3.44. The van der Waals surface area contributed by atoms with Gasteiger partial charge < -0.3 is 10.3 Å². The van der Waals surface area contributed by atoms with E-state index in [1.54, 1.807) is 19.9 Å². The zero-order valence-corrected chi connectivity index (χ0v) is 18.8. The zero-order valence-electron chi connectivity index (χ0n) is 18.0. The SMILES string of the molecule is CC(C)NS(=O)(=O)Cc1ccccc1CNC(=O)c1ccc2[nH]c3c(c2c1)CCCC3. The van der Waals surface area contributed by atoms with Gasteiger partial charge in [0.15, 0.2) is 0 Å². The molecule has 4 rings (SSSR count). The normalized spacial score (nSPS) is 14.0. The fourth-order valence-electron chi connectivity index (χ4n) is 4.30. The van der Waals surface area contributed by atoms with Gasteiger partial charge in [0.05, 0.1) is 5.75 Å². The third-order valence-electron chi connectivity index (χ3n) is 5.68. The number of aromatic nitrogens is 1. The standard InChI is InChI=1S/C24H29N3O3S/c1-16(2)27-31(29,30)15-19-8-4-3-7-18(19)14-25-24(28)17-11-12-23-21(13-17)20-9-5-6-10-22(20)26-23/h3-4,7-8,11-13,16,26-27H,5-6,9-10,14-15H2,1-2H3,(H,25,28). The molecule has 3 aromatic rings. The smallest absolute Gasteiger partial charge is 0.251 e. The van der Waals surface area contributed by atoms with Crippen LogP contribution in [-0.2, 0) is 35.2 Å². The van der Waals surface area contributed by atoms with Gasteiger partial charge in [-0.15, -0.1) is 0 Å². The lowest BCUT2D eigenvalue weighted by molar-refractivity contribution is 0.0951. The molecule has 0 saturated carbocycles. The molecule has 1 aliphatic rings. The van der Waals surface area contributed by atoms with Gasteiger partial charge in [0.25, 0.3) is 5.91 Å². The molecule has 0 spiro atoms. The van der Waals surface area contributed by atoms with Crippen molar-refractivity contribution >= 4 is 26.8 Å². The van der Waals surface area contributed by atoms with E-state index in [1.807, 2.05) is 36.4 Å². The molecule has 0 fully saturated rings. The van der Waals surface area contributed by atoms with Crippen LogP contribution in [0.15, 0.2) is 42.5 Å². The van der Waals surface area contributed by atoms with Gasteiger partial charge >= 0.3 is 0 Å². The molecule has 0 unspecified atom stereocenters. The molecule has 0 radical (unpaired) electrons. The highest BCUT2D eigenvalue weighted by Gasteiger charge is 2.18. The fraction of sp³-hybridized carbons (Fsp3) is 0.375. The molecule has 3 N–H and O–H groups in total. The number of sulfonamides is 1. The minimum Gasteiger partial charge on any atom is -0.358 e. The second kappa shape index (κ2) is 8.85. The van der Waals surface area contributed by atoms with Crippen LogP contribution in [0.25, 0.3) is 10.9 Å². The summed E-state index contributed by atoms with van der Waals surface area (Å²) in [6.45, 7) is 3.86. The van der Waals surface area contributed by atoms with Crippen molar-refractivity contribution in [3.63, 3.8) is 0 Å². The number of nitrogens with one attached hydrogen (secondary N) is 3. The van der Waals surface area contributed by atoms with Crippen LogP contribution in [-0.4, -0.2) is 25.4 Å². The van der Waals surface area contributed by atoms with Crippen LogP contribution in [0, 0.1) is 0 Å². The van der Waals surface area contributed by atoms with E-state index in [4.69, 9.17) is 0 Å². The Labute approximate surface area is 183 Å². The molecule has 1 aromatic heterocycles. The monoisotopic (exact) mass is 439 g/mol. The van der Waals surface area contributed by atoms with Crippen LogP contribution in [0.4, 0.5) is 0 Å². The molecule has 0 bridgehead atoms. The van der Waals surface area contributed by atoms with Gasteiger partial charge in [-0.2, -0.15) is 0 Å². The van der Waals surface area contributed by atoms with Gasteiger partial charge in [-0.05, 0) is 74.4 Å². The Morgan fingerprint density at radius 2 is 1.81 bits per heavy atom. The molecule has 0 atom stereocenters. The number of aryl methyl sites for hydroxylation is 2. The molecule has 7 heteroatoms. The van der Waals surface area contributed by atoms with Crippen molar-refractivity contribution in [2.24, 2.45) is 0 Å². The fourth-order valence-corrected chi connectivity index (χ4v) is 5.79. The molecule has 0 saturated heterocycles. The van der Waals surface area contributed by atoms with E-state index in [2.05, 4.69) is 15.0 Å². The molecule has 2 aromatic carbocycles. The first-order valence-electron chi connectivity index (χ1n) is 10.8. The number of carbonyl (C=O) groups excluding carboxylic acids is 1. The lowest BCUT2D eigenvalue weighted by Gasteiger charge is -2.13. The lowest BCUT2D eigenvalue weighted by Crippen LogP contribution is -2.31. The Balaban J connectivity index is 1.49. The van der Waals surface area contributed by atoms with E-state index in [1.165, 1.54) is 24.1 Å². The molecule has 1 aliphatic carbocycles. The average molecular weight is 440 g/mol. The van der Waals surface area contributed by atoms with Gasteiger partial charge in [-0.3, -0.25) is 4.79 Å². The maximum absolute atomic E-state index is 12.8. The summed E-state index contributed by atoms with van der Waals surface area (Å²) >= 11 is 0. The third kappa shape index (κ3) is 4.99. The number of benzene rings is 2. The van der Waals surface area contributed by atoms with Crippen LogP contribution in [0.2, 0.25) is 0 Å². The third-order valence-corrected chi connectivity index (χ3v) is 7.20. The topological polar surface area (TPSA) is 91.1 Å². The Hall–Kier alpha value is -2.64. The van der Waals surface area contributed by atoms with Crippen molar-refractivity contribution < 1.29 is 13.2 Å². The minimum absolute atomic E-state index is 0.112. The second-order valence-corrected chi connectivity index (χ2v) is 10.3. The first-order chi connectivity index (χ1) is 14.8. The highest BCUT2D eigenvalue weighted by molar-refractivity contribution is 7.88. The summed E-state index contributed by atoms with van der Waals surface area (Å²) in [6.07, 6.45) is 4.50. The Kier molecular flexibility index (Phi) is 6.16. The first-order valence-corrected chi connectivity index (χ1v) is 12.5. The number of carbonyl (C=O) groups is 1. The number of hydrogen-bond acceptors (Lipinski definition) is 3. The largest absolute Gasteiger partial charge is 0.358 e. The maximum Gasteiger partial charge on any atom is 0.251 e. The molecular formula is C24H29N3O3S. The summed E-state index contributed by atoms with van der Waals surface area (Å²) in [5, 5.41) is 4.09. The van der Waals surface area contributed by atoms with E-state index >= 15 is 0 Å². The molecule has 6 nitrogen and oxygen atoms in total. The number of fused-ring (bicyclic) bond motifs is 3. The van der Waals surface area contributed by atoms with Gasteiger partial charge in [-0.25, -0.2) is 13.1 Å². The highest BCUT2D eigenvalue weighted by Crippen LogP contribution is 2.29. The molecule has 164 valence electrons. The maximum atomic E-state index is 12.8. The van der Waals surface area contributed by atoms with E-state index < -0.39 is 10.0 Å². The quantitative estimate of drug-likeness (QED) is 0.523. The number of amides is 1. The summed E-state index contributed by atoms with van der Waals surface area (Å²) in [7, 11) is -3.44. The van der Waals surface area contributed by atoms with Crippen molar-refractivity contribution in [3.05, 3.63) is 70.4 Å². The number of hydrogen-bond donors (Lipinski definition) is 3. The van der Waals surface area contributed by atoms with Crippen LogP contribution >= 0.6 is 0 Å². The summed E-state index contributed by atoms with van der Waals surface area (Å²) in [5.74, 6) is -0.274. The van der Waals surface area contributed by atoms with Gasteiger partial charge in [0.2, 0.25) is 10.0 Å². The van der Waals surface area contributed by atoms with Crippen LogP contribution in [0.1, 0.15) is 59.4 Å². The van der Waals surface area contributed by atoms with E-state index in [0.29, 0.717) is 11.1 Å². The Morgan fingerprint density at radius 1 is 1.06 bits per heavy atom. The van der Waals surface area contributed by atoms with Crippen LogP contribution in [0.5, 0.6) is 0 Å². The van der Waals surface area contributed by atoms with Crippen molar-refractivity contribution in [2.75, 3.05) is 0 Å². The van der Waals surface area contributed by atoms with Crippen molar-refractivity contribution in [1.82, 2.24) is 15.0 Å². The number of aromatic amines is 1. The summed E-state index contributed by atoms with van der Waals surface area (Å²) in [6, 6.07) is 12.9. The van der Waals surface area contributed by atoms with Crippen LogP contribution in [0.3, 0.4) is 0 Å². The van der Waals surface area contributed by atoms with Crippen LogP contribution < -0.4 is 10.0 Å². The van der Waals surface area contributed by atoms with Gasteiger partial charge in [-0.1, -0.05) is 24.3 Å². The predicted octanol–water partition coefficient (Wildman–Crippen LogP) is 3.80. The molecule has 0 aliphatic heterocycles. The Morgan fingerprint density at radius 3 is 2.58 bits per heavy atom. The molecule has 1 amide bonds. The Bertz CT molecular complexity index is 1210. The summed E-state index contributed by atoms with van der Waals surface area (Å²) in [5.41, 5.74) is 5.81. The van der Waals surface area contributed by atoms with Gasteiger partial charge in [0.1, 0.15) is 0 Å². The number of H-pyrrole nitrogens is 1. The summed E-state index contributed by atoms with van der Waals surface area (Å²) < 4.78 is 27.3. The first kappa shape index (κ1) is 21.6.